The first-order valence-electron chi connectivity index (χ1n) is 6.56. The second-order valence-corrected chi connectivity index (χ2v) is 6.75. The molecular formula is C14H20FNO2S. The maximum atomic E-state index is 12.4. The third-order valence-electron chi connectivity index (χ3n) is 3.72. The topological polar surface area (TPSA) is 63.3 Å². The number of benzene rings is 1. The number of hydrogen-bond acceptors (Lipinski definition) is 3. The smallest absolute Gasteiger partial charge is 0.107 e. The lowest BCUT2D eigenvalue weighted by molar-refractivity contribution is 0.132. The van der Waals surface area contributed by atoms with E-state index in [2.05, 4.69) is 0 Å². The van der Waals surface area contributed by atoms with Crippen LogP contribution in [0.15, 0.2) is 24.3 Å². The van der Waals surface area contributed by atoms with Gasteiger partial charge < -0.3 is 10.8 Å². The summed E-state index contributed by atoms with van der Waals surface area (Å²) >= 11 is 0. The molecule has 0 aromatic heterocycles. The Morgan fingerprint density at radius 3 is 2.42 bits per heavy atom. The molecule has 0 bridgehead atoms. The number of rotatable bonds is 4. The highest BCUT2D eigenvalue weighted by Crippen LogP contribution is 2.29. The van der Waals surface area contributed by atoms with Gasteiger partial charge in [0.25, 0.3) is 0 Å². The molecule has 0 spiro atoms. The van der Waals surface area contributed by atoms with Crippen LogP contribution in [0.5, 0.6) is 0 Å². The summed E-state index contributed by atoms with van der Waals surface area (Å²) in [6.07, 6.45) is 0.926. The Labute approximate surface area is 115 Å². The molecule has 2 rings (SSSR count). The minimum Gasteiger partial charge on any atom is -0.387 e. The Kier molecular flexibility index (Phi) is 5.07. The van der Waals surface area contributed by atoms with Gasteiger partial charge in [-0.15, -0.1) is 0 Å². The van der Waals surface area contributed by atoms with Crippen LogP contribution in [-0.2, 0) is 10.8 Å². The molecule has 1 aliphatic rings. The number of hydrogen-bond donors (Lipinski definition) is 2. The molecule has 106 valence electrons. The van der Waals surface area contributed by atoms with E-state index in [0.29, 0.717) is 11.5 Å². The normalized spacial score (nSPS) is 26.9. The molecule has 1 fully saturated rings. The summed E-state index contributed by atoms with van der Waals surface area (Å²) in [7, 11) is -0.652. The lowest BCUT2D eigenvalue weighted by Crippen LogP contribution is -2.30. The van der Waals surface area contributed by atoms with Gasteiger partial charge in [0.15, 0.2) is 0 Å². The summed E-state index contributed by atoms with van der Waals surface area (Å²) in [4.78, 5) is 0. The molecule has 1 aliphatic heterocycles. The van der Waals surface area contributed by atoms with E-state index in [1.165, 1.54) is 5.56 Å². The molecule has 5 heteroatoms. The van der Waals surface area contributed by atoms with Crippen LogP contribution in [0.25, 0.3) is 0 Å². The van der Waals surface area contributed by atoms with E-state index in [0.717, 1.165) is 24.3 Å². The van der Waals surface area contributed by atoms with Gasteiger partial charge >= 0.3 is 0 Å². The first kappa shape index (κ1) is 14.6. The van der Waals surface area contributed by atoms with Gasteiger partial charge in [0.05, 0.1) is 12.1 Å². The predicted molar refractivity (Wildman–Crippen MR) is 75.2 cm³/mol. The quantitative estimate of drug-likeness (QED) is 0.884. The predicted octanol–water partition coefficient (Wildman–Crippen LogP) is 1.64. The van der Waals surface area contributed by atoms with E-state index in [1.807, 2.05) is 12.1 Å². The van der Waals surface area contributed by atoms with Gasteiger partial charge in [-0.1, -0.05) is 24.3 Å². The summed E-state index contributed by atoms with van der Waals surface area (Å²) in [5.41, 5.74) is 7.33. The molecule has 0 unspecified atom stereocenters. The molecule has 0 amide bonds. The van der Waals surface area contributed by atoms with Gasteiger partial charge in [-0.2, -0.15) is 0 Å². The van der Waals surface area contributed by atoms with Crippen LogP contribution in [0.4, 0.5) is 4.39 Å². The molecule has 0 aliphatic carbocycles. The first-order valence-corrected chi connectivity index (χ1v) is 8.05. The largest absolute Gasteiger partial charge is 0.387 e. The van der Waals surface area contributed by atoms with Gasteiger partial charge in [0.2, 0.25) is 0 Å². The molecule has 1 saturated heterocycles. The lowest BCUT2D eigenvalue weighted by atomic mass is 9.91. The number of halogens is 1. The lowest BCUT2D eigenvalue weighted by Gasteiger charge is -2.22. The highest BCUT2D eigenvalue weighted by atomic mass is 32.2. The Balaban J connectivity index is 2.04. The van der Waals surface area contributed by atoms with Crippen LogP contribution in [0.3, 0.4) is 0 Å². The van der Waals surface area contributed by atoms with Crippen molar-refractivity contribution in [3.8, 4) is 0 Å². The zero-order valence-corrected chi connectivity index (χ0v) is 11.6. The molecule has 0 radical (unpaired) electrons. The molecule has 3 N–H and O–H groups in total. The number of aliphatic hydroxyl groups excluding tert-OH is 1. The van der Waals surface area contributed by atoms with E-state index in [1.54, 1.807) is 12.1 Å². The molecule has 1 aromatic rings. The fourth-order valence-electron chi connectivity index (χ4n) is 2.42. The summed E-state index contributed by atoms with van der Waals surface area (Å²) in [6.45, 7) is -0.739. The summed E-state index contributed by atoms with van der Waals surface area (Å²) < 4.78 is 23.7. The van der Waals surface area contributed by atoms with Crippen molar-refractivity contribution in [2.45, 2.75) is 30.9 Å². The Hall–Kier alpha value is -0.780. The maximum absolute atomic E-state index is 12.4. The van der Waals surface area contributed by atoms with Crippen molar-refractivity contribution in [3.05, 3.63) is 35.4 Å². The van der Waals surface area contributed by atoms with Crippen molar-refractivity contribution in [2.24, 2.45) is 5.73 Å². The zero-order valence-electron chi connectivity index (χ0n) is 10.8. The number of aliphatic hydroxyl groups is 1. The standard InChI is InChI=1S/C14H20FNO2S/c15-9-13(16)14(17)12-3-1-10(2-4-12)11-5-7-19(18)8-6-11/h1-4,11,13-14,17H,5-9,16H2/t11?,13-,14-,19?/m1/s1. The van der Waals surface area contributed by atoms with Crippen molar-refractivity contribution in [2.75, 3.05) is 18.2 Å². The third kappa shape index (κ3) is 3.61. The average Bonchev–Trinajstić information content (AvgIpc) is 2.46. The summed E-state index contributed by atoms with van der Waals surface area (Å²) in [5, 5.41) is 9.82. The van der Waals surface area contributed by atoms with E-state index < -0.39 is 29.6 Å². The van der Waals surface area contributed by atoms with Gasteiger partial charge in [-0.05, 0) is 29.9 Å². The van der Waals surface area contributed by atoms with Crippen LogP contribution < -0.4 is 5.73 Å². The highest BCUT2D eigenvalue weighted by Gasteiger charge is 2.21. The fraction of sp³-hybridized carbons (Fsp3) is 0.571. The van der Waals surface area contributed by atoms with Crippen molar-refractivity contribution >= 4 is 10.8 Å². The average molecular weight is 285 g/mol. The second-order valence-electron chi connectivity index (χ2n) is 5.05. The minimum atomic E-state index is -0.960. The zero-order chi connectivity index (χ0) is 13.8. The molecule has 19 heavy (non-hydrogen) atoms. The maximum Gasteiger partial charge on any atom is 0.107 e. The first-order chi connectivity index (χ1) is 9.11. The molecule has 1 heterocycles. The van der Waals surface area contributed by atoms with E-state index in [4.69, 9.17) is 5.73 Å². The van der Waals surface area contributed by atoms with Gasteiger partial charge in [0, 0.05) is 22.3 Å². The van der Waals surface area contributed by atoms with Crippen molar-refractivity contribution in [1.29, 1.82) is 0 Å². The summed E-state index contributed by atoms with van der Waals surface area (Å²) in [6, 6.07) is 6.66. The van der Waals surface area contributed by atoms with Crippen molar-refractivity contribution in [3.63, 3.8) is 0 Å². The van der Waals surface area contributed by atoms with Crippen LogP contribution in [0.1, 0.15) is 36.0 Å². The van der Waals surface area contributed by atoms with Crippen molar-refractivity contribution in [1.82, 2.24) is 0 Å². The molecule has 0 saturated carbocycles. The van der Waals surface area contributed by atoms with Gasteiger partial charge in [-0.25, -0.2) is 4.39 Å². The SMILES string of the molecule is N[C@H](CF)[C@H](O)c1ccc(C2CCS(=O)CC2)cc1. The Bertz CT molecular complexity index is 428. The molecule has 3 nitrogen and oxygen atoms in total. The van der Waals surface area contributed by atoms with E-state index in [9.17, 15) is 13.7 Å². The van der Waals surface area contributed by atoms with Crippen molar-refractivity contribution < 1.29 is 13.7 Å². The fourth-order valence-corrected chi connectivity index (χ4v) is 3.72. The monoisotopic (exact) mass is 285 g/mol. The Morgan fingerprint density at radius 1 is 1.32 bits per heavy atom. The molecule has 1 aromatic carbocycles. The van der Waals surface area contributed by atoms with Gasteiger partial charge in [0.1, 0.15) is 6.67 Å². The van der Waals surface area contributed by atoms with E-state index >= 15 is 0 Å². The molecule has 2 atom stereocenters. The van der Waals surface area contributed by atoms with Gasteiger partial charge in [-0.3, -0.25) is 4.21 Å². The van der Waals surface area contributed by atoms with E-state index in [-0.39, 0.29) is 0 Å². The van der Waals surface area contributed by atoms with Crippen LogP contribution in [0, 0.1) is 0 Å². The minimum absolute atomic E-state index is 0.443. The third-order valence-corrected chi connectivity index (χ3v) is 5.10. The van der Waals surface area contributed by atoms with Crippen LogP contribution in [-0.4, -0.2) is 33.5 Å². The van der Waals surface area contributed by atoms with Crippen LogP contribution >= 0.6 is 0 Å². The Morgan fingerprint density at radius 2 is 1.89 bits per heavy atom. The molecular weight excluding hydrogens is 265 g/mol. The second kappa shape index (κ2) is 6.59. The summed E-state index contributed by atoms with van der Waals surface area (Å²) in [5.74, 6) is 1.97. The number of nitrogens with two attached hydrogens (primary N) is 1. The highest BCUT2D eigenvalue weighted by molar-refractivity contribution is 7.85. The number of alkyl halides is 1. The van der Waals surface area contributed by atoms with Crippen LogP contribution in [0.2, 0.25) is 0 Å².